The number of aromatic nitrogens is 2. The molecular formula is C25H22F3N3O6. The molecule has 0 spiro atoms. The molecule has 2 unspecified atom stereocenters. The maximum Gasteiger partial charge on any atom is 0.396 e. The van der Waals surface area contributed by atoms with Crippen LogP contribution in [0.2, 0.25) is 0 Å². The highest BCUT2D eigenvalue weighted by Crippen LogP contribution is 2.48. The van der Waals surface area contributed by atoms with Crippen LogP contribution >= 0.6 is 0 Å². The Morgan fingerprint density at radius 2 is 1.86 bits per heavy atom. The average Bonchev–Trinajstić information content (AvgIpc) is 2.86. The molecule has 1 aromatic heterocycles. The van der Waals surface area contributed by atoms with E-state index >= 15 is 0 Å². The predicted molar refractivity (Wildman–Crippen MR) is 124 cm³/mol. The highest BCUT2D eigenvalue weighted by molar-refractivity contribution is 5.97. The maximum absolute atomic E-state index is 14.3. The van der Waals surface area contributed by atoms with Crippen molar-refractivity contribution >= 4 is 17.6 Å². The van der Waals surface area contributed by atoms with Gasteiger partial charge in [0, 0.05) is 31.4 Å². The molecule has 9 nitrogen and oxygen atoms in total. The number of anilines is 1. The maximum atomic E-state index is 14.3. The Morgan fingerprint density at radius 3 is 2.49 bits per heavy atom. The summed E-state index contributed by atoms with van der Waals surface area (Å²) in [5.74, 6) is -4.23. The van der Waals surface area contributed by atoms with E-state index in [0.29, 0.717) is 5.75 Å². The van der Waals surface area contributed by atoms with Crippen LogP contribution in [0.1, 0.15) is 40.2 Å². The number of hydrogen-bond donors (Lipinski definition) is 1. The first kappa shape index (κ1) is 25.7. The van der Waals surface area contributed by atoms with Crippen molar-refractivity contribution in [3.8, 4) is 23.3 Å². The zero-order valence-electron chi connectivity index (χ0n) is 19.9. The van der Waals surface area contributed by atoms with E-state index in [4.69, 9.17) is 9.47 Å². The zero-order chi connectivity index (χ0) is 26.9. The number of hydrogen-bond acceptors (Lipinski definition) is 8. The summed E-state index contributed by atoms with van der Waals surface area (Å²) in [4.78, 5) is 32.4. The monoisotopic (exact) mass is 517 g/mol. The summed E-state index contributed by atoms with van der Waals surface area (Å²) in [6, 6.07) is 7.71. The van der Waals surface area contributed by atoms with Gasteiger partial charge < -0.3 is 24.2 Å². The number of carbonyl (C=O) groups is 2. The molecule has 0 radical (unpaired) electrons. The standard InChI is InChI=1S/C25H22F3N3O6/c1-13(22(25(26,27)28)14-4-7-20-18(8-14)31(2)21(33)12-36-20)17-6-5-16(9-19(17)32)37-24-29-10-15(11-30-24)23(34)35-3/h4-11,13,22,32H,12H2,1-3H3. The normalized spacial score (nSPS) is 14.9. The number of benzene rings is 2. The van der Waals surface area contributed by atoms with Crippen LogP contribution in [-0.4, -0.2) is 53.9 Å². The zero-order valence-corrected chi connectivity index (χ0v) is 19.9. The van der Waals surface area contributed by atoms with Gasteiger partial charge in [0.1, 0.15) is 17.2 Å². The van der Waals surface area contributed by atoms with Gasteiger partial charge in [0.15, 0.2) is 6.61 Å². The molecule has 1 aliphatic heterocycles. The van der Waals surface area contributed by atoms with Crippen LogP contribution in [0.25, 0.3) is 0 Å². The molecule has 4 rings (SSSR count). The van der Waals surface area contributed by atoms with E-state index in [9.17, 15) is 27.9 Å². The van der Waals surface area contributed by atoms with Crippen LogP contribution in [0.4, 0.5) is 18.9 Å². The molecule has 12 heteroatoms. The fourth-order valence-electron chi connectivity index (χ4n) is 4.09. The van der Waals surface area contributed by atoms with E-state index < -0.39 is 29.7 Å². The number of likely N-dealkylation sites (N-methyl/N-ethyl adjacent to an activating group) is 1. The molecule has 2 heterocycles. The highest BCUT2D eigenvalue weighted by Gasteiger charge is 2.45. The predicted octanol–water partition coefficient (Wildman–Crippen LogP) is 4.57. The van der Waals surface area contributed by atoms with Gasteiger partial charge in [0.25, 0.3) is 5.91 Å². The molecule has 1 amide bonds. The number of phenolic OH excluding ortho intramolecular Hbond substituents is 1. The van der Waals surface area contributed by atoms with E-state index in [1.807, 2.05) is 0 Å². The second-order valence-corrected chi connectivity index (χ2v) is 8.35. The first-order valence-electron chi connectivity index (χ1n) is 11.0. The van der Waals surface area contributed by atoms with Crippen molar-refractivity contribution in [1.29, 1.82) is 0 Å². The fraction of sp³-hybridized carbons (Fsp3) is 0.280. The molecule has 2 aromatic carbocycles. The number of nitrogens with zero attached hydrogens (tertiary/aromatic N) is 3. The number of carbonyl (C=O) groups excluding carboxylic acids is 2. The van der Waals surface area contributed by atoms with Crippen molar-refractivity contribution in [2.75, 3.05) is 25.7 Å². The van der Waals surface area contributed by atoms with Crippen LogP contribution in [0, 0.1) is 0 Å². The summed E-state index contributed by atoms with van der Waals surface area (Å²) in [5.41, 5.74) is 0.295. The van der Waals surface area contributed by atoms with E-state index in [1.54, 1.807) is 0 Å². The van der Waals surface area contributed by atoms with Gasteiger partial charge in [-0.1, -0.05) is 19.1 Å². The van der Waals surface area contributed by atoms with Crippen molar-refractivity contribution in [3.63, 3.8) is 0 Å². The first-order chi connectivity index (χ1) is 17.5. The number of halogens is 3. The lowest BCUT2D eigenvalue weighted by Gasteiger charge is -2.31. The smallest absolute Gasteiger partial charge is 0.396 e. The van der Waals surface area contributed by atoms with Crippen molar-refractivity contribution in [3.05, 3.63) is 65.5 Å². The third kappa shape index (κ3) is 5.27. The summed E-state index contributed by atoms with van der Waals surface area (Å²) in [6.07, 6.45) is -2.29. The molecule has 0 saturated carbocycles. The highest BCUT2D eigenvalue weighted by atomic mass is 19.4. The molecular weight excluding hydrogens is 495 g/mol. The van der Waals surface area contributed by atoms with Gasteiger partial charge in [-0.25, -0.2) is 14.8 Å². The second kappa shape index (κ2) is 9.96. The summed E-state index contributed by atoms with van der Waals surface area (Å²) < 4.78 is 58.2. The first-order valence-corrected chi connectivity index (χ1v) is 11.0. The minimum absolute atomic E-state index is 0.0371. The largest absolute Gasteiger partial charge is 0.508 e. The quantitative estimate of drug-likeness (QED) is 0.474. The number of esters is 1. The summed E-state index contributed by atoms with van der Waals surface area (Å²) in [5, 5.41) is 10.6. The Kier molecular flexibility index (Phi) is 6.92. The third-order valence-corrected chi connectivity index (χ3v) is 6.03. The van der Waals surface area contributed by atoms with Crippen LogP contribution in [0.3, 0.4) is 0 Å². The Hall–Kier alpha value is -4.35. The molecule has 0 bridgehead atoms. The van der Waals surface area contributed by atoms with Gasteiger partial charge >= 0.3 is 18.2 Å². The minimum atomic E-state index is -4.66. The topological polar surface area (TPSA) is 111 Å². The van der Waals surface area contributed by atoms with E-state index in [1.165, 1.54) is 68.7 Å². The number of rotatable bonds is 6. The van der Waals surface area contributed by atoms with Crippen molar-refractivity contribution < 1.29 is 42.1 Å². The lowest BCUT2D eigenvalue weighted by atomic mass is 9.81. The van der Waals surface area contributed by atoms with Gasteiger partial charge in [-0.15, -0.1) is 0 Å². The van der Waals surface area contributed by atoms with Crippen molar-refractivity contribution in [1.82, 2.24) is 9.97 Å². The number of ether oxygens (including phenoxy) is 3. The van der Waals surface area contributed by atoms with Gasteiger partial charge in [0.2, 0.25) is 0 Å². The lowest BCUT2D eigenvalue weighted by molar-refractivity contribution is -0.154. The van der Waals surface area contributed by atoms with E-state index in [0.717, 1.165) is 6.07 Å². The molecule has 194 valence electrons. The Morgan fingerprint density at radius 1 is 1.16 bits per heavy atom. The van der Waals surface area contributed by atoms with Crippen molar-refractivity contribution in [2.24, 2.45) is 0 Å². The Bertz CT molecular complexity index is 1330. The summed E-state index contributed by atoms with van der Waals surface area (Å²) in [6.45, 7) is 1.16. The van der Waals surface area contributed by atoms with Crippen LogP contribution in [0.15, 0.2) is 48.8 Å². The van der Waals surface area contributed by atoms with Gasteiger partial charge in [0.05, 0.1) is 24.3 Å². The van der Waals surface area contributed by atoms with Gasteiger partial charge in [-0.2, -0.15) is 13.2 Å². The number of aromatic hydroxyl groups is 1. The molecule has 3 aromatic rings. The average molecular weight is 517 g/mol. The number of fused-ring (bicyclic) bond motifs is 1. The SMILES string of the molecule is COC(=O)c1cnc(Oc2ccc(C(C)C(c3ccc4c(c3)N(C)C(=O)CO4)C(F)(F)F)c(O)c2)nc1. The molecule has 37 heavy (non-hydrogen) atoms. The lowest BCUT2D eigenvalue weighted by Crippen LogP contribution is -2.35. The number of amides is 1. The van der Waals surface area contributed by atoms with E-state index in [-0.39, 0.29) is 46.7 Å². The van der Waals surface area contributed by atoms with E-state index in [2.05, 4.69) is 14.7 Å². The second-order valence-electron chi connectivity index (χ2n) is 8.35. The van der Waals surface area contributed by atoms with Crippen LogP contribution in [0.5, 0.6) is 23.3 Å². The molecule has 0 saturated heterocycles. The fourth-order valence-corrected chi connectivity index (χ4v) is 4.09. The number of phenols is 1. The summed E-state index contributed by atoms with van der Waals surface area (Å²) in [7, 11) is 2.68. The Balaban J connectivity index is 1.60. The van der Waals surface area contributed by atoms with Gasteiger partial charge in [-0.3, -0.25) is 4.79 Å². The Labute approximate surface area is 209 Å². The molecule has 1 aliphatic rings. The van der Waals surface area contributed by atoms with Crippen LogP contribution in [-0.2, 0) is 9.53 Å². The third-order valence-electron chi connectivity index (χ3n) is 6.03. The molecule has 0 aliphatic carbocycles. The molecule has 0 fully saturated rings. The number of alkyl halides is 3. The van der Waals surface area contributed by atoms with Gasteiger partial charge in [-0.05, 0) is 29.3 Å². The molecule has 1 N–H and O–H groups in total. The van der Waals surface area contributed by atoms with Crippen LogP contribution < -0.4 is 14.4 Å². The molecule has 2 atom stereocenters. The van der Waals surface area contributed by atoms with Crippen molar-refractivity contribution in [2.45, 2.75) is 24.9 Å². The summed E-state index contributed by atoms with van der Waals surface area (Å²) >= 11 is 0. The minimum Gasteiger partial charge on any atom is -0.508 e. The number of methoxy groups -OCH3 is 1.